The predicted octanol–water partition coefficient (Wildman–Crippen LogP) is 4.47. The van der Waals surface area contributed by atoms with Gasteiger partial charge >= 0.3 is 0 Å². The Morgan fingerprint density at radius 2 is 1.70 bits per heavy atom. The largest absolute Gasteiger partial charge is 0.489 e. The maximum atomic E-state index is 5.91. The first-order valence-corrected chi connectivity index (χ1v) is 7.36. The van der Waals surface area contributed by atoms with Gasteiger partial charge in [-0.05, 0) is 40.6 Å². The second-order valence-corrected chi connectivity index (χ2v) is 5.20. The van der Waals surface area contributed by atoms with Crippen LogP contribution in [0, 0.1) is 0 Å². The normalized spacial score (nSPS) is 10.8. The van der Waals surface area contributed by atoms with E-state index in [1.165, 1.54) is 22.7 Å². The van der Waals surface area contributed by atoms with E-state index in [0.717, 1.165) is 11.3 Å². The summed E-state index contributed by atoms with van der Waals surface area (Å²) in [7, 11) is 0. The Morgan fingerprint density at radius 1 is 0.870 bits per heavy atom. The molecule has 1 aromatic heterocycles. The lowest BCUT2D eigenvalue weighted by molar-refractivity contribution is 0.307. The van der Waals surface area contributed by atoms with Crippen LogP contribution in [0.25, 0.3) is 22.2 Å². The van der Waals surface area contributed by atoms with E-state index < -0.39 is 0 Å². The summed E-state index contributed by atoms with van der Waals surface area (Å²) in [6.45, 7) is 0.529. The zero-order valence-corrected chi connectivity index (χ0v) is 12.3. The summed E-state index contributed by atoms with van der Waals surface area (Å²) < 4.78 is 11.1. The zero-order valence-electron chi connectivity index (χ0n) is 12.3. The minimum absolute atomic E-state index is 0.505. The summed E-state index contributed by atoms with van der Waals surface area (Å²) in [5.74, 6) is 1.31. The zero-order chi connectivity index (χ0) is 15.5. The molecule has 0 fully saturated rings. The Morgan fingerprint density at radius 3 is 2.52 bits per heavy atom. The van der Waals surface area contributed by atoms with E-state index in [1.54, 1.807) is 0 Å². The number of nitrogens with zero attached hydrogens (tertiary/aromatic N) is 2. The molecule has 1 heterocycles. The van der Waals surface area contributed by atoms with Crippen LogP contribution >= 0.6 is 0 Å². The van der Waals surface area contributed by atoms with Crippen molar-refractivity contribution in [2.24, 2.45) is 0 Å². The van der Waals surface area contributed by atoms with E-state index in [1.807, 2.05) is 36.4 Å². The fourth-order valence-corrected chi connectivity index (χ4v) is 2.57. The first-order valence-electron chi connectivity index (χ1n) is 7.36. The molecule has 112 valence electrons. The summed E-state index contributed by atoms with van der Waals surface area (Å²) in [5, 5.41) is 10.0. The van der Waals surface area contributed by atoms with E-state index in [-0.39, 0.29) is 0 Å². The first-order chi connectivity index (χ1) is 11.4. The van der Waals surface area contributed by atoms with Crippen LogP contribution in [0.15, 0.2) is 77.5 Å². The average Bonchev–Trinajstić information content (AvgIpc) is 3.15. The Labute approximate surface area is 133 Å². The summed E-state index contributed by atoms with van der Waals surface area (Å²) in [6.07, 6.45) is 1.32. The molecule has 3 aromatic carbocycles. The molecule has 0 atom stereocenters. The van der Waals surface area contributed by atoms with Crippen molar-refractivity contribution in [3.05, 3.63) is 78.7 Å². The van der Waals surface area contributed by atoms with Crippen LogP contribution in [0.1, 0.15) is 5.56 Å². The second kappa shape index (κ2) is 5.93. The SMILES string of the molecule is c1ccc2c(COc3ccc(-c4nnco4)cc3)cccc2c1. The van der Waals surface area contributed by atoms with Crippen molar-refractivity contribution in [1.29, 1.82) is 0 Å². The minimum atomic E-state index is 0.505. The van der Waals surface area contributed by atoms with Crippen molar-refractivity contribution < 1.29 is 9.15 Å². The van der Waals surface area contributed by atoms with Crippen LogP contribution in [0.5, 0.6) is 5.75 Å². The highest BCUT2D eigenvalue weighted by molar-refractivity contribution is 5.85. The van der Waals surface area contributed by atoms with Crippen molar-refractivity contribution in [1.82, 2.24) is 10.2 Å². The number of aromatic nitrogens is 2. The topological polar surface area (TPSA) is 48.2 Å². The van der Waals surface area contributed by atoms with Crippen molar-refractivity contribution in [2.75, 3.05) is 0 Å². The maximum absolute atomic E-state index is 5.91. The number of benzene rings is 3. The fourth-order valence-electron chi connectivity index (χ4n) is 2.57. The Kier molecular flexibility index (Phi) is 3.48. The smallest absolute Gasteiger partial charge is 0.247 e. The van der Waals surface area contributed by atoms with Gasteiger partial charge in [-0.25, -0.2) is 0 Å². The van der Waals surface area contributed by atoms with E-state index in [0.29, 0.717) is 12.5 Å². The average molecular weight is 302 g/mol. The molecule has 0 amide bonds. The van der Waals surface area contributed by atoms with E-state index in [2.05, 4.69) is 40.5 Å². The lowest BCUT2D eigenvalue weighted by atomic mass is 10.1. The summed E-state index contributed by atoms with van der Waals surface area (Å²) >= 11 is 0. The molecule has 0 unspecified atom stereocenters. The monoisotopic (exact) mass is 302 g/mol. The molecule has 0 saturated carbocycles. The Bertz CT molecular complexity index is 910. The van der Waals surface area contributed by atoms with E-state index >= 15 is 0 Å². The fraction of sp³-hybridized carbons (Fsp3) is 0.0526. The summed E-state index contributed by atoms with van der Waals surface area (Å²) in [5.41, 5.74) is 2.05. The third kappa shape index (κ3) is 2.79. The van der Waals surface area contributed by atoms with Crippen LogP contribution in [0.4, 0.5) is 0 Å². The Hall–Kier alpha value is -3.14. The van der Waals surface area contributed by atoms with Crippen LogP contribution < -0.4 is 4.74 Å². The van der Waals surface area contributed by atoms with Crippen LogP contribution in [-0.2, 0) is 6.61 Å². The minimum Gasteiger partial charge on any atom is -0.489 e. The number of hydrogen-bond acceptors (Lipinski definition) is 4. The molecule has 4 aromatic rings. The van der Waals surface area contributed by atoms with Gasteiger partial charge in [-0.3, -0.25) is 0 Å². The van der Waals surface area contributed by atoms with Crippen molar-refractivity contribution in [3.63, 3.8) is 0 Å². The quantitative estimate of drug-likeness (QED) is 0.558. The van der Waals surface area contributed by atoms with E-state index in [9.17, 15) is 0 Å². The molecule has 0 N–H and O–H groups in total. The molecule has 0 aliphatic rings. The summed E-state index contributed by atoms with van der Waals surface area (Å²) in [4.78, 5) is 0. The van der Waals surface area contributed by atoms with Crippen molar-refractivity contribution >= 4 is 10.8 Å². The lowest BCUT2D eigenvalue weighted by Gasteiger charge is -2.09. The third-order valence-corrected chi connectivity index (χ3v) is 3.74. The third-order valence-electron chi connectivity index (χ3n) is 3.74. The van der Waals surface area contributed by atoms with Crippen LogP contribution in [-0.4, -0.2) is 10.2 Å². The molecular weight excluding hydrogens is 288 g/mol. The molecule has 0 saturated heterocycles. The molecular formula is C19H14N2O2. The molecule has 23 heavy (non-hydrogen) atoms. The molecule has 0 radical (unpaired) electrons. The molecule has 4 rings (SSSR count). The lowest BCUT2D eigenvalue weighted by Crippen LogP contribution is -1.96. The molecule has 0 aliphatic heterocycles. The van der Waals surface area contributed by atoms with Gasteiger partial charge < -0.3 is 9.15 Å². The van der Waals surface area contributed by atoms with Crippen LogP contribution in [0.3, 0.4) is 0 Å². The van der Waals surface area contributed by atoms with Gasteiger partial charge in [-0.1, -0.05) is 42.5 Å². The van der Waals surface area contributed by atoms with Gasteiger partial charge in [-0.15, -0.1) is 10.2 Å². The number of rotatable bonds is 4. The highest BCUT2D eigenvalue weighted by Gasteiger charge is 2.05. The standard InChI is InChI=1S/C19H14N2O2/c1-2-7-18-14(4-1)5-3-6-16(18)12-22-17-10-8-15(9-11-17)19-21-20-13-23-19/h1-11,13H,12H2. The number of ether oxygens (including phenoxy) is 1. The first kappa shape index (κ1) is 13.5. The van der Waals surface area contributed by atoms with Gasteiger partial charge in [0.25, 0.3) is 0 Å². The van der Waals surface area contributed by atoms with Gasteiger partial charge in [0.05, 0.1) is 0 Å². The number of fused-ring (bicyclic) bond motifs is 1. The molecule has 0 aliphatic carbocycles. The van der Waals surface area contributed by atoms with Crippen molar-refractivity contribution in [3.8, 4) is 17.2 Å². The van der Waals surface area contributed by atoms with Gasteiger partial charge in [0.15, 0.2) is 0 Å². The second-order valence-electron chi connectivity index (χ2n) is 5.20. The molecule has 4 heteroatoms. The van der Waals surface area contributed by atoms with Gasteiger partial charge in [-0.2, -0.15) is 0 Å². The Balaban J connectivity index is 1.52. The maximum Gasteiger partial charge on any atom is 0.247 e. The molecule has 4 nitrogen and oxygen atoms in total. The van der Waals surface area contributed by atoms with Gasteiger partial charge in [0.2, 0.25) is 12.3 Å². The highest BCUT2D eigenvalue weighted by atomic mass is 16.5. The number of hydrogen-bond donors (Lipinski definition) is 0. The van der Waals surface area contributed by atoms with Crippen LogP contribution in [0.2, 0.25) is 0 Å². The predicted molar refractivity (Wildman–Crippen MR) is 88.0 cm³/mol. The van der Waals surface area contributed by atoms with Gasteiger partial charge in [0, 0.05) is 5.56 Å². The molecule has 0 bridgehead atoms. The van der Waals surface area contributed by atoms with Crippen molar-refractivity contribution in [2.45, 2.75) is 6.61 Å². The summed E-state index contributed by atoms with van der Waals surface area (Å²) in [6, 6.07) is 22.2. The molecule has 0 spiro atoms. The van der Waals surface area contributed by atoms with E-state index in [4.69, 9.17) is 9.15 Å². The highest BCUT2D eigenvalue weighted by Crippen LogP contribution is 2.23. The van der Waals surface area contributed by atoms with Gasteiger partial charge in [0.1, 0.15) is 12.4 Å².